The zero-order valence-corrected chi connectivity index (χ0v) is 19.6. The molecule has 0 heterocycles. The van der Waals surface area contributed by atoms with Crippen LogP contribution in [0.1, 0.15) is 30.5 Å². The number of benzene rings is 2. The molecule has 2 aromatic carbocycles. The standard InChI is InChI=1S/C23H33FN4O2S/c1-5-25-23(26-12-13-28(6-2)22-9-7-8-18(3)14-22)27-16-20-15-21(24)11-10-19(20)17-31(4,29)30/h7-11,14-15H,5-6,12-13,16-17H2,1-4H3,(H2,25,26,27). The van der Waals surface area contributed by atoms with Gasteiger partial charge in [0.15, 0.2) is 15.8 Å². The number of likely N-dealkylation sites (N-methyl/N-ethyl adjacent to an activating group) is 1. The zero-order chi connectivity index (χ0) is 22.9. The number of halogens is 1. The third kappa shape index (κ3) is 8.57. The van der Waals surface area contributed by atoms with Crippen molar-refractivity contribution in [3.63, 3.8) is 0 Å². The molecule has 0 unspecified atom stereocenters. The normalized spacial score (nSPS) is 12.0. The summed E-state index contributed by atoms with van der Waals surface area (Å²) in [6.07, 6.45) is 1.17. The second-order valence-electron chi connectivity index (χ2n) is 7.52. The van der Waals surface area contributed by atoms with E-state index in [1.165, 1.54) is 35.7 Å². The molecule has 0 aliphatic heterocycles. The van der Waals surface area contributed by atoms with Crippen LogP contribution in [0, 0.1) is 12.7 Å². The Bertz CT molecular complexity index is 993. The summed E-state index contributed by atoms with van der Waals surface area (Å²) >= 11 is 0. The van der Waals surface area contributed by atoms with Crippen LogP contribution in [0.3, 0.4) is 0 Å². The van der Waals surface area contributed by atoms with Gasteiger partial charge in [0.1, 0.15) is 5.82 Å². The van der Waals surface area contributed by atoms with Crippen LogP contribution in [0.5, 0.6) is 0 Å². The minimum atomic E-state index is -3.23. The van der Waals surface area contributed by atoms with E-state index in [-0.39, 0.29) is 12.3 Å². The average molecular weight is 449 g/mol. The number of aliphatic imine (C=N–C) groups is 1. The minimum absolute atomic E-state index is 0.135. The first-order valence-corrected chi connectivity index (χ1v) is 12.6. The Labute approximate surface area is 185 Å². The lowest BCUT2D eigenvalue weighted by Gasteiger charge is -2.24. The molecule has 0 aromatic heterocycles. The van der Waals surface area contributed by atoms with Gasteiger partial charge in [-0.05, 0) is 61.7 Å². The van der Waals surface area contributed by atoms with Gasteiger partial charge in [0.25, 0.3) is 0 Å². The first kappa shape index (κ1) is 24.7. The van der Waals surface area contributed by atoms with Gasteiger partial charge in [0.05, 0.1) is 12.3 Å². The van der Waals surface area contributed by atoms with Gasteiger partial charge in [0.2, 0.25) is 0 Å². The van der Waals surface area contributed by atoms with E-state index in [1.807, 2.05) is 6.92 Å². The summed E-state index contributed by atoms with van der Waals surface area (Å²) in [7, 11) is -3.23. The van der Waals surface area contributed by atoms with Crippen molar-refractivity contribution < 1.29 is 12.8 Å². The van der Waals surface area contributed by atoms with Crippen LogP contribution in [0.25, 0.3) is 0 Å². The Morgan fingerprint density at radius 2 is 1.87 bits per heavy atom. The van der Waals surface area contributed by atoms with Crippen molar-refractivity contribution in [3.05, 3.63) is 65.0 Å². The molecule has 0 saturated carbocycles. The fourth-order valence-corrected chi connectivity index (χ4v) is 4.12. The largest absolute Gasteiger partial charge is 0.370 e. The van der Waals surface area contributed by atoms with E-state index < -0.39 is 15.7 Å². The van der Waals surface area contributed by atoms with Gasteiger partial charge in [-0.1, -0.05) is 18.2 Å². The van der Waals surface area contributed by atoms with Gasteiger partial charge in [-0.15, -0.1) is 0 Å². The average Bonchev–Trinajstić information content (AvgIpc) is 2.70. The van der Waals surface area contributed by atoms with Crippen molar-refractivity contribution >= 4 is 21.5 Å². The molecule has 0 fully saturated rings. The number of anilines is 1. The van der Waals surface area contributed by atoms with Crippen molar-refractivity contribution in [2.24, 2.45) is 4.99 Å². The highest BCUT2D eigenvalue weighted by Gasteiger charge is 2.11. The van der Waals surface area contributed by atoms with Crippen LogP contribution < -0.4 is 15.5 Å². The van der Waals surface area contributed by atoms with Crippen LogP contribution >= 0.6 is 0 Å². The Hall–Kier alpha value is -2.61. The van der Waals surface area contributed by atoms with E-state index in [9.17, 15) is 12.8 Å². The van der Waals surface area contributed by atoms with Crippen LogP contribution in [-0.4, -0.2) is 46.8 Å². The highest BCUT2D eigenvalue weighted by Crippen LogP contribution is 2.16. The third-order valence-corrected chi connectivity index (χ3v) is 5.60. The maximum atomic E-state index is 13.7. The molecule has 0 saturated heterocycles. The summed E-state index contributed by atoms with van der Waals surface area (Å²) in [5.74, 6) is 0.0684. The number of nitrogens with one attached hydrogen (secondary N) is 2. The molecule has 8 heteroatoms. The van der Waals surface area contributed by atoms with E-state index in [2.05, 4.69) is 58.6 Å². The summed E-state index contributed by atoms with van der Waals surface area (Å²) in [6, 6.07) is 12.5. The van der Waals surface area contributed by atoms with Gasteiger partial charge < -0.3 is 15.5 Å². The van der Waals surface area contributed by atoms with E-state index in [0.29, 0.717) is 30.2 Å². The molecular formula is C23H33FN4O2S. The fourth-order valence-electron chi connectivity index (χ4n) is 3.27. The Kier molecular flexibility index (Phi) is 9.30. The smallest absolute Gasteiger partial charge is 0.191 e. The Morgan fingerprint density at radius 3 is 2.52 bits per heavy atom. The number of hydrogen-bond acceptors (Lipinski definition) is 4. The molecule has 0 amide bonds. The van der Waals surface area contributed by atoms with Crippen LogP contribution in [0.4, 0.5) is 10.1 Å². The predicted molar refractivity (Wildman–Crippen MR) is 127 cm³/mol. The topological polar surface area (TPSA) is 73.8 Å². The lowest BCUT2D eigenvalue weighted by Crippen LogP contribution is -2.41. The molecule has 0 bridgehead atoms. The quantitative estimate of drug-likeness (QED) is 0.431. The lowest BCUT2D eigenvalue weighted by atomic mass is 10.1. The van der Waals surface area contributed by atoms with E-state index in [0.717, 1.165) is 13.1 Å². The van der Waals surface area contributed by atoms with Crippen molar-refractivity contribution in [2.45, 2.75) is 33.1 Å². The Balaban J connectivity index is 2.06. The number of guanidine groups is 1. The van der Waals surface area contributed by atoms with Gasteiger partial charge in [-0.2, -0.15) is 0 Å². The molecule has 0 aliphatic rings. The van der Waals surface area contributed by atoms with Crippen molar-refractivity contribution in [2.75, 3.05) is 37.3 Å². The number of sulfone groups is 1. The molecule has 170 valence electrons. The van der Waals surface area contributed by atoms with E-state index in [1.54, 1.807) is 0 Å². The van der Waals surface area contributed by atoms with Gasteiger partial charge in [0, 0.05) is 38.1 Å². The molecule has 0 atom stereocenters. The van der Waals surface area contributed by atoms with E-state index in [4.69, 9.17) is 0 Å². The molecule has 0 aliphatic carbocycles. The SMILES string of the molecule is CCNC(=NCc1cc(F)ccc1CS(C)(=O)=O)NCCN(CC)c1cccc(C)c1. The molecule has 0 spiro atoms. The van der Waals surface area contributed by atoms with Crippen LogP contribution in [-0.2, 0) is 22.1 Å². The first-order valence-electron chi connectivity index (χ1n) is 10.5. The maximum Gasteiger partial charge on any atom is 0.191 e. The molecule has 31 heavy (non-hydrogen) atoms. The minimum Gasteiger partial charge on any atom is -0.370 e. The molecule has 0 radical (unpaired) electrons. The summed E-state index contributed by atoms with van der Waals surface area (Å²) in [5.41, 5.74) is 3.54. The number of rotatable bonds is 10. The van der Waals surface area contributed by atoms with Gasteiger partial charge in [-0.3, -0.25) is 0 Å². The summed E-state index contributed by atoms with van der Waals surface area (Å²) in [4.78, 5) is 6.82. The molecule has 6 nitrogen and oxygen atoms in total. The second kappa shape index (κ2) is 11.7. The molecule has 2 rings (SSSR count). The van der Waals surface area contributed by atoms with Gasteiger partial charge >= 0.3 is 0 Å². The highest BCUT2D eigenvalue weighted by molar-refractivity contribution is 7.89. The summed E-state index contributed by atoms with van der Waals surface area (Å²) in [5, 5.41) is 6.49. The zero-order valence-electron chi connectivity index (χ0n) is 18.8. The van der Waals surface area contributed by atoms with Crippen molar-refractivity contribution in [3.8, 4) is 0 Å². The fraction of sp³-hybridized carbons (Fsp3) is 0.435. The summed E-state index contributed by atoms with van der Waals surface area (Å²) in [6.45, 7) is 9.39. The van der Waals surface area contributed by atoms with Gasteiger partial charge in [-0.25, -0.2) is 17.8 Å². The first-order chi connectivity index (χ1) is 14.7. The number of aryl methyl sites for hydroxylation is 1. The number of hydrogen-bond donors (Lipinski definition) is 2. The van der Waals surface area contributed by atoms with Crippen molar-refractivity contribution in [1.29, 1.82) is 0 Å². The molecule has 2 aromatic rings. The second-order valence-corrected chi connectivity index (χ2v) is 9.66. The van der Waals surface area contributed by atoms with Crippen LogP contribution in [0.15, 0.2) is 47.5 Å². The monoisotopic (exact) mass is 448 g/mol. The third-order valence-electron chi connectivity index (χ3n) is 4.76. The number of nitrogens with zero attached hydrogens (tertiary/aromatic N) is 2. The van der Waals surface area contributed by atoms with Crippen molar-refractivity contribution in [1.82, 2.24) is 10.6 Å². The highest BCUT2D eigenvalue weighted by atomic mass is 32.2. The molecular weight excluding hydrogens is 415 g/mol. The Morgan fingerprint density at radius 1 is 1.10 bits per heavy atom. The maximum absolute atomic E-state index is 13.7. The van der Waals surface area contributed by atoms with Crippen LogP contribution in [0.2, 0.25) is 0 Å². The lowest BCUT2D eigenvalue weighted by molar-refractivity contribution is 0.600. The van der Waals surface area contributed by atoms with E-state index >= 15 is 0 Å². The summed E-state index contributed by atoms with van der Waals surface area (Å²) < 4.78 is 37.1. The molecule has 2 N–H and O–H groups in total. The predicted octanol–water partition coefficient (Wildman–Crippen LogP) is 3.26.